The average Bonchev–Trinajstić information content (AvgIpc) is 2.54. The maximum Gasteiger partial charge on any atom is 0.0935 e. The van der Waals surface area contributed by atoms with Crippen molar-refractivity contribution < 1.29 is 9.84 Å². The highest BCUT2D eigenvalue weighted by Crippen LogP contribution is 2.26. The van der Waals surface area contributed by atoms with Gasteiger partial charge < -0.3 is 15.6 Å². The first-order chi connectivity index (χ1) is 8.43. The van der Waals surface area contributed by atoms with Crippen molar-refractivity contribution in [3.05, 3.63) is 15.9 Å². The molecule has 0 bridgehead atoms. The molecule has 0 aliphatic rings. The van der Waals surface area contributed by atoms with Crippen molar-refractivity contribution in [2.45, 2.75) is 31.8 Å². The van der Waals surface area contributed by atoms with Gasteiger partial charge in [-0.15, -0.1) is 0 Å². The molecule has 5 nitrogen and oxygen atoms in total. The smallest absolute Gasteiger partial charge is 0.0935 e. The van der Waals surface area contributed by atoms with Crippen molar-refractivity contribution in [2.24, 2.45) is 12.8 Å². The summed E-state index contributed by atoms with van der Waals surface area (Å²) in [6.45, 7) is 2.80. The number of hydrogen-bond acceptors (Lipinski definition) is 4. The van der Waals surface area contributed by atoms with Gasteiger partial charge >= 0.3 is 0 Å². The van der Waals surface area contributed by atoms with Gasteiger partial charge in [-0.3, -0.25) is 4.68 Å². The molecule has 0 saturated heterocycles. The van der Waals surface area contributed by atoms with E-state index in [1.807, 2.05) is 14.0 Å². The van der Waals surface area contributed by atoms with Crippen molar-refractivity contribution in [1.82, 2.24) is 9.78 Å². The van der Waals surface area contributed by atoms with E-state index in [4.69, 9.17) is 10.5 Å². The Kier molecular flexibility index (Phi) is 5.78. The topological polar surface area (TPSA) is 73.3 Å². The second-order valence-corrected chi connectivity index (χ2v) is 5.49. The van der Waals surface area contributed by atoms with Gasteiger partial charge in [-0.25, -0.2) is 0 Å². The highest BCUT2D eigenvalue weighted by atomic mass is 79.9. The van der Waals surface area contributed by atoms with E-state index in [0.29, 0.717) is 26.0 Å². The van der Waals surface area contributed by atoms with Crippen LogP contribution in [0.25, 0.3) is 0 Å². The van der Waals surface area contributed by atoms with Crippen LogP contribution < -0.4 is 5.73 Å². The molecule has 104 valence electrons. The Morgan fingerprint density at radius 2 is 2.22 bits per heavy atom. The predicted molar refractivity (Wildman–Crippen MR) is 74.5 cm³/mol. The SMILES string of the molecule is COCC(O)(CCCN)Cc1c(Br)c(C)nn1C. The van der Waals surface area contributed by atoms with Gasteiger partial charge in [0.05, 0.1) is 28.1 Å². The lowest BCUT2D eigenvalue weighted by Gasteiger charge is -2.27. The highest BCUT2D eigenvalue weighted by Gasteiger charge is 2.29. The summed E-state index contributed by atoms with van der Waals surface area (Å²) in [6, 6.07) is 0. The summed E-state index contributed by atoms with van der Waals surface area (Å²) in [5, 5.41) is 14.9. The van der Waals surface area contributed by atoms with E-state index in [1.165, 1.54) is 0 Å². The molecule has 1 rings (SSSR count). The molecule has 1 aromatic rings. The number of aryl methyl sites for hydroxylation is 2. The van der Waals surface area contributed by atoms with E-state index in [1.54, 1.807) is 11.8 Å². The van der Waals surface area contributed by atoms with Gasteiger partial charge in [0.15, 0.2) is 0 Å². The number of halogens is 1. The van der Waals surface area contributed by atoms with Gasteiger partial charge in [0.2, 0.25) is 0 Å². The Hall–Kier alpha value is -0.430. The fourth-order valence-electron chi connectivity index (χ4n) is 2.10. The zero-order valence-corrected chi connectivity index (χ0v) is 12.8. The average molecular weight is 320 g/mol. The maximum atomic E-state index is 10.6. The van der Waals surface area contributed by atoms with Crippen LogP contribution in [-0.2, 0) is 18.2 Å². The van der Waals surface area contributed by atoms with Crippen LogP contribution >= 0.6 is 15.9 Å². The number of aromatic nitrogens is 2. The van der Waals surface area contributed by atoms with Gasteiger partial charge in [0, 0.05) is 20.6 Å². The maximum absolute atomic E-state index is 10.6. The second kappa shape index (κ2) is 6.65. The van der Waals surface area contributed by atoms with Crippen LogP contribution in [0.3, 0.4) is 0 Å². The van der Waals surface area contributed by atoms with Crippen molar-refractivity contribution in [3.8, 4) is 0 Å². The van der Waals surface area contributed by atoms with E-state index in [0.717, 1.165) is 22.3 Å². The summed E-state index contributed by atoms with van der Waals surface area (Å²) in [5.74, 6) is 0. The summed E-state index contributed by atoms with van der Waals surface area (Å²) in [5.41, 5.74) is 6.52. The predicted octanol–water partition coefficient (Wildman–Crippen LogP) is 1.15. The second-order valence-electron chi connectivity index (χ2n) is 4.70. The first-order valence-corrected chi connectivity index (χ1v) is 6.82. The Bertz CT molecular complexity index is 395. The first-order valence-electron chi connectivity index (χ1n) is 6.03. The molecule has 1 unspecified atom stereocenters. The van der Waals surface area contributed by atoms with Crippen LogP contribution in [0, 0.1) is 6.92 Å². The standard InChI is InChI=1S/C12H22BrN3O2/c1-9-11(13)10(16(2)15-9)7-12(17,8-18-3)5-4-6-14/h17H,4-8,14H2,1-3H3. The largest absolute Gasteiger partial charge is 0.387 e. The monoisotopic (exact) mass is 319 g/mol. The molecular formula is C12H22BrN3O2. The molecule has 1 atom stereocenters. The van der Waals surface area contributed by atoms with E-state index >= 15 is 0 Å². The summed E-state index contributed by atoms with van der Waals surface area (Å²) in [7, 11) is 3.47. The minimum Gasteiger partial charge on any atom is -0.387 e. The third kappa shape index (κ3) is 3.78. The molecule has 0 aliphatic carbocycles. The lowest BCUT2D eigenvalue weighted by Crippen LogP contribution is -2.38. The molecule has 18 heavy (non-hydrogen) atoms. The number of ether oxygens (including phenoxy) is 1. The number of rotatable bonds is 7. The Balaban J connectivity index is 2.88. The molecule has 0 amide bonds. The normalized spacial score (nSPS) is 14.8. The molecule has 0 aromatic carbocycles. The Labute approximate surface area is 116 Å². The summed E-state index contributed by atoms with van der Waals surface area (Å²) in [6.07, 6.45) is 1.89. The molecule has 0 fully saturated rings. The van der Waals surface area contributed by atoms with Gasteiger partial charge in [-0.05, 0) is 42.2 Å². The number of nitrogens with two attached hydrogens (primary N) is 1. The van der Waals surface area contributed by atoms with Gasteiger partial charge in [-0.1, -0.05) is 0 Å². The molecule has 0 radical (unpaired) electrons. The number of methoxy groups -OCH3 is 1. The first kappa shape index (κ1) is 15.6. The zero-order chi connectivity index (χ0) is 13.8. The van der Waals surface area contributed by atoms with Crippen molar-refractivity contribution >= 4 is 15.9 Å². The van der Waals surface area contributed by atoms with Gasteiger partial charge in [-0.2, -0.15) is 5.10 Å². The van der Waals surface area contributed by atoms with Crippen LogP contribution in [0.1, 0.15) is 24.2 Å². The van der Waals surface area contributed by atoms with Gasteiger partial charge in [0.25, 0.3) is 0 Å². The fourth-order valence-corrected chi connectivity index (χ4v) is 2.57. The van der Waals surface area contributed by atoms with Crippen molar-refractivity contribution in [3.63, 3.8) is 0 Å². The van der Waals surface area contributed by atoms with E-state index in [2.05, 4.69) is 21.0 Å². The minimum absolute atomic E-state index is 0.295. The van der Waals surface area contributed by atoms with Crippen LogP contribution in [-0.4, -0.2) is 40.7 Å². The highest BCUT2D eigenvalue weighted by molar-refractivity contribution is 9.10. The molecule has 0 saturated carbocycles. The van der Waals surface area contributed by atoms with E-state index in [9.17, 15) is 5.11 Å². The third-order valence-electron chi connectivity index (χ3n) is 3.02. The lowest BCUT2D eigenvalue weighted by molar-refractivity contribution is -0.0387. The molecular weight excluding hydrogens is 298 g/mol. The third-order valence-corrected chi connectivity index (χ3v) is 4.05. The summed E-state index contributed by atoms with van der Waals surface area (Å²) < 4.78 is 7.87. The molecule has 0 aliphatic heterocycles. The van der Waals surface area contributed by atoms with Crippen molar-refractivity contribution in [1.29, 1.82) is 0 Å². The Morgan fingerprint density at radius 1 is 1.56 bits per heavy atom. The van der Waals surface area contributed by atoms with E-state index < -0.39 is 5.60 Å². The van der Waals surface area contributed by atoms with Crippen LogP contribution in [0.4, 0.5) is 0 Å². The molecule has 0 spiro atoms. The molecule has 1 aromatic heterocycles. The quantitative estimate of drug-likeness (QED) is 0.790. The zero-order valence-electron chi connectivity index (χ0n) is 11.2. The summed E-state index contributed by atoms with van der Waals surface area (Å²) in [4.78, 5) is 0. The van der Waals surface area contributed by atoms with Gasteiger partial charge in [0.1, 0.15) is 0 Å². The molecule has 1 heterocycles. The fraction of sp³-hybridized carbons (Fsp3) is 0.750. The Morgan fingerprint density at radius 3 is 2.67 bits per heavy atom. The van der Waals surface area contributed by atoms with E-state index in [-0.39, 0.29) is 0 Å². The number of aliphatic hydroxyl groups is 1. The lowest BCUT2D eigenvalue weighted by atomic mass is 9.93. The van der Waals surface area contributed by atoms with Crippen LogP contribution in [0.15, 0.2) is 4.47 Å². The summed E-state index contributed by atoms with van der Waals surface area (Å²) >= 11 is 3.51. The van der Waals surface area contributed by atoms with Crippen LogP contribution in [0.5, 0.6) is 0 Å². The molecule has 6 heteroatoms. The van der Waals surface area contributed by atoms with Crippen molar-refractivity contribution in [2.75, 3.05) is 20.3 Å². The minimum atomic E-state index is -0.892. The number of hydrogen-bond donors (Lipinski definition) is 2. The van der Waals surface area contributed by atoms with Crippen LogP contribution in [0.2, 0.25) is 0 Å². The number of nitrogens with zero attached hydrogens (tertiary/aromatic N) is 2. The molecule has 3 N–H and O–H groups in total.